The lowest BCUT2D eigenvalue weighted by Crippen LogP contribution is -2.32. The normalized spacial score (nSPS) is 10.7. The van der Waals surface area contributed by atoms with Crippen LogP contribution in [0, 0.1) is 6.92 Å². The van der Waals surface area contributed by atoms with Crippen LogP contribution in [0.15, 0.2) is 64.6 Å². The van der Waals surface area contributed by atoms with Gasteiger partial charge in [-0.25, -0.2) is 0 Å². The van der Waals surface area contributed by atoms with Crippen molar-refractivity contribution in [3.8, 4) is 0 Å². The average molecular weight is 325 g/mol. The van der Waals surface area contributed by atoms with E-state index in [1.807, 2.05) is 54.3 Å². The molecule has 0 spiro atoms. The predicted octanol–water partition coefficient (Wildman–Crippen LogP) is 4.53. The number of hydrogen-bond acceptors (Lipinski definition) is 3. The monoisotopic (exact) mass is 325 g/mol. The third kappa shape index (κ3) is 4.11. The minimum absolute atomic E-state index is 0.0398. The maximum absolute atomic E-state index is 12.8. The molecular weight excluding hydrogens is 306 g/mol. The molecule has 3 rings (SSSR count). The molecule has 0 aliphatic heterocycles. The molecular formula is C19H19NO2S. The molecule has 0 bridgehead atoms. The van der Waals surface area contributed by atoms with Crippen molar-refractivity contribution in [2.45, 2.75) is 19.9 Å². The quantitative estimate of drug-likeness (QED) is 0.667. The Labute approximate surface area is 140 Å². The summed E-state index contributed by atoms with van der Waals surface area (Å²) in [5.41, 5.74) is 1.87. The molecule has 1 aromatic carbocycles. The van der Waals surface area contributed by atoms with Crippen molar-refractivity contribution in [2.24, 2.45) is 0 Å². The first-order chi connectivity index (χ1) is 11.2. The van der Waals surface area contributed by atoms with Crippen LogP contribution in [0.4, 0.5) is 0 Å². The van der Waals surface area contributed by atoms with Gasteiger partial charge >= 0.3 is 0 Å². The summed E-state index contributed by atoms with van der Waals surface area (Å²) >= 11 is 1.72. The van der Waals surface area contributed by atoms with Gasteiger partial charge in [-0.15, -0.1) is 11.3 Å². The van der Waals surface area contributed by atoms with Crippen LogP contribution in [-0.4, -0.2) is 17.4 Å². The van der Waals surface area contributed by atoms with Crippen molar-refractivity contribution in [2.75, 3.05) is 6.54 Å². The van der Waals surface area contributed by atoms with E-state index in [-0.39, 0.29) is 5.91 Å². The van der Waals surface area contributed by atoms with Gasteiger partial charge in [-0.1, -0.05) is 23.8 Å². The van der Waals surface area contributed by atoms with Crippen LogP contribution in [0.5, 0.6) is 0 Å². The first-order valence-electron chi connectivity index (χ1n) is 7.63. The van der Waals surface area contributed by atoms with Crippen molar-refractivity contribution in [1.82, 2.24) is 4.90 Å². The summed E-state index contributed by atoms with van der Waals surface area (Å²) in [5.74, 6) is 0.842. The second-order valence-corrected chi connectivity index (χ2v) is 6.53. The summed E-state index contributed by atoms with van der Waals surface area (Å²) in [6.07, 6.45) is 2.50. The molecule has 0 aliphatic rings. The van der Waals surface area contributed by atoms with Gasteiger partial charge in [0.15, 0.2) is 0 Å². The van der Waals surface area contributed by atoms with Crippen LogP contribution in [-0.2, 0) is 13.0 Å². The number of benzene rings is 1. The van der Waals surface area contributed by atoms with E-state index in [4.69, 9.17) is 4.42 Å². The van der Waals surface area contributed by atoms with Gasteiger partial charge in [-0.3, -0.25) is 4.79 Å². The largest absolute Gasteiger partial charge is 0.467 e. The van der Waals surface area contributed by atoms with Gasteiger partial charge < -0.3 is 9.32 Å². The Bertz CT molecular complexity index is 730. The van der Waals surface area contributed by atoms with Crippen LogP contribution in [0.25, 0.3) is 0 Å². The van der Waals surface area contributed by atoms with Gasteiger partial charge in [0.2, 0.25) is 0 Å². The SMILES string of the molecule is Cc1ccc(C(=O)N(CCc2cccs2)Cc2ccco2)cc1. The van der Waals surface area contributed by atoms with Crippen LogP contribution in [0.1, 0.15) is 26.6 Å². The van der Waals surface area contributed by atoms with Crippen molar-refractivity contribution in [3.05, 3.63) is 81.9 Å². The number of carbonyl (C=O) groups excluding carboxylic acids is 1. The van der Waals surface area contributed by atoms with Gasteiger partial charge in [0.1, 0.15) is 5.76 Å². The van der Waals surface area contributed by atoms with E-state index in [9.17, 15) is 4.79 Å². The summed E-state index contributed by atoms with van der Waals surface area (Å²) in [6, 6.07) is 15.6. The van der Waals surface area contributed by atoms with Gasteiger partial charge in [-0.2, -0.15) is 0 Å². The van der Waals surface area contributed by atoms with Gasteiger partial charge in [0.25, 0.3) is 5.91 Å². The number of amides is 1. The molecule has 118 valence electrons. The molecule has 3 nitrogen and oxygen atoms in total. The lowest BCUT2D eigenvalue weighted by atomic mass is 10.1. The summed E-state index contributed by atoms with van der Waals surface area (Å²) in [4.78, 5) is 16.0. The number of carbonyl (C=O) groups is 1. The third-order valence-electron chi connectivity index (χ3n) is 3.72. The highest BCUT2D eigenvalue weighted by atomic mass is 32.1. The molecule has 0 fully saturated rings. The van der Waals surface area contributed by atoms with Crippen molar-refractivity contribution >= 4 is 17.2 Å². The highest BCUT2D eigenvalue weighted by Crippen LogP contribution is 2.15. The van der Waals surface area contributed by atoms with Crippen molar-refractivity contribution in [3.63, 3.8) is 0 Å². The number of furan rings is 1. The maximum atomic E-state index is 12.8. The lowest BCUT2D eigenvalue weighted by molar-refractivity contribution is 0.0734. The molecule has 0 radical (unpaired) electrons. The number of hydrogen-bond donors (Lipinski definition) is 0. The predicted molar refractivity (Wildman–Crippen MR) is 92.7 cm³/mol. The molecule has 0 unspecified atom stereocenters. The van der Waals surface area contributed by atoms with Crippen LogP contribution in [0.2, 0.25) is 0 Å². The number of rotatable bonds is 6. The molecule has 3 aromatic rings. The van der Waals surface area contributed by atoms with Gasteiger partial charge in [0, 0.05) is 17.0 Å². The van der Waals surface area contributed by atoms with E-state index < -0.39 is 0 Å². The minimum Gasteiger partial charge on any atom is -0.467 e. The van der Waals surface area contributed by atoms with Crippen molar-refractivity contribution < 1.29 is 9.21 Å². The zero-order valence-electron chi connectivity index (χ0n) is 13.1. The molecule has 2 aromatic heterocycles. The van der Waals surface area contributed by atoms with Gasteiger partial charge in [-0.05, 0) is 49.1 Å². The fourth-order valence-corrected chi connectivity index (χ4v) is 3.12. The molecule has 1 amide bonds. The number of nitrogens with zero attached hydrogens (tertiary/aromatic N) is 1. The zero-order valence-corrected chi connectivity index (χ0v) is 13.9. The molecule has 0 N–H and O–H groups in total. The lowest BCUT2D eigenvalue weighted by Gasteiger charge is -2.21. The van der Waals surface area contributed by atoms with E-state index in [1.54, 1.807) is 17.6 Å². The molecule has 23 heavy (non-hydrogen) atoms. The Morgan fingerprint density at radius 1 is 1.13 bits per heavy atom. The van der Waals surface area contributed by atoms with E-state index in [2.05, 4.69) is 11.4 Å². The maximum Gasteiger partial charge on any atom is 0.254 e. The first-order valence-corrected chi connectivity index (χ1v) is 8.51. The Hall–Kier alpha value is -2.33. The summed E-state index contributed by atoms with van der Waals surface area (Å²) < 4.78 is 5.41. The van der Waals surface area contributed by atoms with Crippen LogP contribution >= 0.6 is 11.3 Å². The summed E-state index contributed by atoms with van der Waals surface area (Å²) in [7, 11) is 0. The Balaban J connectivity index is 1.75. The molecule has 0 saturated heterocycles. The summed E-state index contributed by atoms with van der Waals surface area (Å²) in [6.45, 7) is 3.19. The highest BCUT2D eigenvalue weighted by molar-refractivity contribution is 7.09. The Kier molecular flexibility index (Phi) is 4.93. The number of aryl methyl sites for hydroxylation is 1. The average Bonchev–Trinajstić information content (AvgIpc) is 3.25. The van der Waals surface area contributed by atoms with E-state index >= 15 is 0 Å². The minimum atomic E-state index is 0.0398. The smallest absolute Gasteiger partial charge is 0.254 e. The zero-order chi connectivity index (χ0) is 16.1. The third-order valence-corrected chi connectivity index (χ3v) is 4.66. The molecule has 2 heterocycles. The molecule has 0 aliphatic carbocycles. The Morgan fingerprint density at radius 3 is 2.61 bits per heavy atom. The van der Waals surface area contributed by atoms with Gasteiger partial charge in [0.05, 0.1) is 12.8 Å². The number of thiophene rings is 1. The standard InChI is InChI=1S/C19H19NO2S/c1-15-6-8-16(9-7-15)19(21)20(14-17-4-2-12-22-17)11-10-18-5-3-13-23-18/h2-9,12-13H,10-11,14H2,1H3. The second-order valence-electron chi connectivity index (χ2n) is 5.50. The van der Waals surface area contributed by atoms with Crippen molar-refractivity contribution in [1.29, 1.82) is 0 Å². The van der Waals surface area contributed by atoms with E-state index in [0.717, 1.165) is 17.7 Å². The Morgan fingerprint density at radius 2 is 1.96 bits per heavy atom. The first kappa shape index (κ1) is 15.6. The fraction of sp³-hybridized carbons (Fsp3) is 0.211. The fourth-order valence-electron chi connectivity index (χ4n) is 2.42. The topological polar surface area (TPSA) is 33.5 Å². The second kappa shape index (κ2) is 7.29. The summed E-state index contributed by atoms with van der Waals surface area (Å²) in [5, 5.41) is 2.06. The van der Waals surface area contributed by atoms with E-state index in [1.165, 1.54) is 4.88 Å². The molecule has 0 saturated carbocycles. The molecule has 0 atom stereocenters. The van der Waals surface area contributed by atoms with E-state index in [0.29, 0.717) is 18.7 Å². The highest BCUT2D eigenvalue weighted by Gasteiger charge is 2.17. The van der Waals surface area contributed by atoms with Crippen LogP contribution in [0.3, 0.4) is 0 Å². The van der Waals surface area contributed by atoms with Crippen LogP contribution < -0.4 is 0 Å². The molecule has 4 heteroatoms.